The van der Waals surface area contributed by atoms with Crippen LogP contribution in [0.3, 0.4) is 0 Å². The summed E-state index contributed by atoms with van der Waals surface area (Å²) in [6.45, 7) is 4.34. The summed E-state index contributed by atoms with van der Waals surface area (Å²) in [5.74, 6) is 0. The highest BCUT2D eigenvalue weighted by atomic mass is 16.6. The van der Waals surface area contributed by atoms with Crippen LogP contribution in [0.2, 0.25) is 0 Å². The van der Waals surface area contributed by atoms with E-state index in [1.165, 1.54) is 44.2 Å². The second-order valence-electron chi connectivity index (χ2n) is 4.30. The SMILES string of the molecule is CCCCCCCCC1=NOC(C)C1. The second kappa shape index (κ2) is 6.86. The van der Waals surface area contributed by atoms with Gasteiger partial charge in [0.15, 0.2) is 0 Å². The van der Waals surface area contributed by atoms with E-state index in [2.05, 4.69) is 19.0 Å². The molecule has 0 bridgehead atoms. The van der Waals surface area contributed by atoms with Gasteiger partial charge in [0.05, 0.1) is 5.71 Å². The molecule has 0 fully saturated rings. The van der Waals surface area contributed by atoms with Crippen molar-refractivity contribution in [1.29, 1.82) is 0 Å². The van der Waals surface area contributed by atoms with Crippen LogP contribution >= 0.6 is 0 Å². The van der Waals surface area contributed by atoms with Gasteiger partial charge in [0.25, 0.3) is 0 Å². The average molecular weight is 197 g/mol. The van der Waals surface area contributed by atoms with Crippen LogP contribution in [0.15, 0.2) is 5.16 Å². The topological polar surface area (TPSA) is 21.6 Å². The summed E-state index contributed by atoms with van der Waals surface area (Å²) in [4.78, 5) is 5.15. The molecule has 0 spiro atoms. The molecular weight excluding hydrogens is 174 g/mol. The summed E-state index contributed by atoms with van der Waals surface area (Å²) < 4.78 is 0. The lowest BCUT2D eigenvalue weighted by atomic mass is 10.1. The highest BCUT2D eigenvalue weighted by Gasteiger charge is 2.14. The van der Waals surface area contributed by atoms with Crippen molar-refractivity contribution in [1.82, 2.24) is 0 Å². The Hall–Kier alpha value is -0.530. The molecule has 0 radical (unpaired) electrons. The minimum Gasteiger partial charge on any atom is -0.392 e. The number of rotatable bonds is 7. The molecule has 2 nitrogen and oxygen atoms in total. The van der Waals surface area contributed by atoms with E-state index in [1.807, 2.05) is 0 Å². The quantitative estimate of drug-likeness (QED) is 0.567. The molecule has 1 rings (SSSR count). The molecule has 0 amide bonds. The number of nitrogens with zero attached hydrogens (tertiary/aromatic N) is 1. The minimum absolute atomic E-state index is 0.324. The Balaban J connectivity index is 1.89. The van der Waals surface area contributed by atoms with Gasteiger partial charge < -0.3 is 4.84 Å². The fraction of sp³-hybridized carbons (Fsp3) is 0.917. The van der Waals surface area contributed by atoms with Crippen molar-refractivity contribution in [2.24, 2.45) is 5.16 Å². The molecular formula is C12H23NO. The fourth-order valence-electron chi connectivity index (χ4n) is 1.83. The van der Waals surface area contributed by atoms with Crippen LogP contribution in [-0.4, -0.2) is 11.8 Å². The summed E-state index contributed by atoms with van der Waals surface area (Å²) >= 11 is 0. The minimum atomic E-state index is 0.324. The van der Waals surface area contributed by atoms with Gasteiger partial charge in [-0.3, -0.25) is 0 Å². The highest BCUT2D eigenvalue weighted by molar-refractivity contribution is 5.85. The van der Waals surface area contributed by atoms with Gasteiger partial charge in [-0.15, -0.1) is 0 Å². The van der Waals surface area contributed by atoms with E-state index >= 15 is 0 Å². The largest absolute Gasteiger partial charge is 0.392 e. The summed E-state index contributed by atoms with van der Waals surface area (Å²) in [6.07, 6.45) is 10.7. The van der Waals surface area contributed by atoms with Crippen molar-refractivity contribution >= 4 is 5.71 Å². The summed E-state index contributed by atoms with van der Waals surface area (Å²) in [5, 5.41) is 4.07. The lowest BCUT2D eigenvalue weighted by Crippen LogP contribution is -2.01. The van der Waals surface area contributed by atoms with Crippen molar-refractivity contribution < 1.29 is 4.84 Å². The van der Waals surface area contributed by atoms with Crippen molar-refractivity contribution in [2.45, 2.75) is 71.3 Å². The van der Waals surface area contributed by atoms with Crippen LogP contribution in [0, 0.1) is 0 Å². The normalized spacial score (nSPS) is 20.7. The average Bonchev–Trinajstić information content (AvgIpc) is 2.58. The maximum Gasteiger partial charge on any atom is 0.130 e. The second-order valence-corrected chi connectivity index (χ2v) is 4.30. The zero-order valence-electron chi connectivity index (χ0n) is 9.59. The predicted molar refractivity (Wildman–Crippen MR) is 60.6 cm³/mol. The van der Waals surface area contributed by atoms with Crippen LogP contribution in [0.25, 0.3) is 0 Å². The number of hydrogen-bond donors (Lipinski definition) is 0. The van der Waals surface area contributed by atoms with Crippen molar-refractivity contribution in [2.75, 3.05) is 0 Å². The van der Waals surface area contributed by atoms with Crippen LogP contribution in [-0.2, 0) is 4.84 Å². The Morgan fingerprint density at radius 3 is 2.57 bits per heavy atom. The molecule has 1 unspecified atom stereocenters. The Morgan fingerprint density at radius 1 is 1.21 bits per heavy atom. The standard InChI is InChI=1S/C12H23NO/c1-3-4-5-6-7-8-9-12-10-11(2)14-13-12/h11H,3-10H2,1-2H3. The molecule has 0 N–H and O–H groups in total. The third kappa shape index (κ3) is 4.64. The summed E-state index contributed by atoms with van der Waals surface area (Å²) in [7, 11) is 0. The van der Waals surface area contributed by atoms with Gasteiger partial charge in [-0.05, 0) is 19.8 Å². The molecule has 1 heterocycles. The first kappa shape index (κ1) is 11.5. The van der Waals surface area contributed by atoms with Gasteiger partial charge in [0, 0.05) is 6.42 Å². The van der Waals surface area contributed by atoms with E-state index in [0.717, 1.165) is 12.8 Å². The molecule has 0 saturated heterocycles. The highest BCUT2D eigenvalue weighted by Crippen LogP contribution is 2.15. The Kier molecular flexibility index (Phi) is 5.65. The van der Waals surface area contributed by atoms with E-state index in [0.29, 0.717) is 6.10 Å². The molecule has 0 aromatic carbocycles. The van der Waals surface area contributed by atoms with Gasteiger partial charge in [-0.2, -0.15) is 0 Å². The molecule has 2 heteroatoms. The van der Waals surface area contributed by atoms with Crippen molar-refractivity contribution in [3.63, 3.8) is 0 Å². The summed E-state index contributed by atoms with van der Waals surface area (Å²) in [5.41, 5.74) is 1.27. The van der Waals surface area contributed by atoms with E-state index in [9.17, 15) is 0 Å². The number of unbranched alkanes of at least 4 members (excludes halogenated alkanes) is 5. The monoisotopic (exact) mass is 197 g/mol. The zero-order valence-corrected chi connectivity index (χ0v) is 9.59. The van der Waals surface area contributed by atoms with Crippen LogP contribution in [0.4, 0.5) is 0 Å². The van der Waals surface area contributed by atoms with Crippen LogP contribution in [0.1, 0.15) is 65.2 Å². The lowest BCUT2D eigenvalue weighted by molar-refractivity contribution is 0.0995. The smallest absolute Gasteiger partial charge is 0.130 e. The third-order valence-electron chi connectivity index (χ3n) is 2.70. The maximum atomic E-state index is 5.15. The lowest BCUT2D eigenvalue weighted by Gasteiger charge is -2.00. The molecule has 14 heavy (non-hydrogen) atoms. The molecule has 0 saturated carbocycles. The van der Waals surface area contributed by atoms with E-state index in [-0.39, 0.29) is 0 Å². The van der Waals surface area contributed by atoms with Gasteiger partial charge in [-0.25, -0.2) is 0 Å². The van der Waals surface area contributed by atoms with E-state index in [4.69, 9.17) is 4.84 Å². The van der Waals surface area contributed by atoms with Crippen molar-refractivity contribution in [3.8, 4) is 0 Å². The molecule has 0 aromatic rings. The van der Waals surface area contributed by atoms with E-state index in [1.54, 1.807) is 0 Å². The maximum absolute atomic E-state index is 5.15. The molecule has 1 aliphatic rings. The fourth-order valence-corrected chi connectivity index (χ4v) is 1.83. The Labute approximate surface area is 87.7 Å². The molecule has 0 aliphatic carbocycles. The Morgan fingerprint density at radius 2 is 1.93 bits per heavy atom. The molecule has 1 aliphatic heterocycles. The van der Waals surface area contributed by atoms with Crippen molar-refractivity contribution in [3.05, 3.63) is 0 Å². The molecule has 82 valence electrons. The molecule has 1 atom stereocenters. The zero-order chi connectivity index (χ0) is 10.2. The summed E-state index contributed by atoms with van der Waals surface area (Å²) in [6, 6.07) is 0. The number of hydrogen-bond acceptors (Lipinski definition) is 2. The number of oxime groups is 1. The first-order chi connectivity index (χ1) is 6.83. The molecule has 0 aromatic heterocycles. The Bertz CT molecular complexity index is 177. The third-order valence-corrected chi connectivity index (χ3v) is 2.70. The van der Waals surface area contributed by atoms with Crippen LogP contribution < -0.4 is 0 Å². The first-order valence-corrected chi connectivity index (χ1v) is 6.04. The van der Waals surface area contributed by atoms with Gasteiger partial charge in [-0.1, -0.05) is 44.2 Å². The first-order valence-electron chi connectivity index (χ1n) is 6.04. The van der Waals surface area contributed by atoms with Gasteiger partial charge >= 0.3 is 0 Å². The van der Waals surface area contributed by atoms with Gasteiger partial charge in [0.1, 0.15) is 6.10 Å². The van der Waals surface area contributed by atoms with Gasteiger partial charge in [0.2, 0.25) is 0 Å². The van der Waals surface area contributed by atoms with Crippen LogP contribution in [0.5, 0.6) is 0 Å². The predicted octanol–water partition coefficient (Wildman–Crippen LogP) is 3.90. The van der Waals surface area contributed by atoms with E-state index < -0.39 is 0 Å².